The Kier molecular flexibility index (Phi) is 4.14. The molecule has 124 valence electrons. The fraction of sp³-hybridized carbons (Fsp3) is 0.300. The fourth-order valence-electron chi connectivity index (χ4n) is 3.04. The molecule has 1 saturated heterocycles. The van der Waals surface area contributed by atoms with Crippen molar-refractivity contribution in [2.45, 2.75) is 40.2 Å². The lowest BCUT2D eigenvalue weighted by Crippen LogP contribution is -2.35. The van der Waals surface area contributed by atoms with Crippen LogP contribution in [-0.2, 0) is 9.59 Å². The molecule has 1 aliphatic heterocycles. The highest BCUT2D eigenvalue weighted by Gasteiger charge is 2.39. The molecule has 4 heteroatoms. The Hall–Kier alpha value is -2.62. The van der Waals surface area contributed by atoms with Crippen LogP contribution in [0.1, 0.15) is 28.7 Å². The summed E-state index contributed by atoms with van der Waals surface area (Å²) in [5.41, 5.74) is 6.00. The van der Waals surface area contributed by atoms with E-state index in [4.69, 9.17) is 0 Å². The lowest BCUT2D eigenvalue weighted by Gasteiger charge is -2.18. The highest BCUT2D eigenvalue weighted by Crippen LogP contribution is 2.27. The predicted molar refractivity (Wildman–Crippen MR) is 96.4 cm³/mol. The maximum Gasteiger partial charge on any atom is 0.256 e. The first kappa shape index (κ1) is 16.2. The van der Waals surface area contributed by atoms with Crippen molar-refractivity contribution in [1.29, 1.82) is 0 Å². The molecule has 1 aliphatic rings. The Bertz CT molecular complexity index is 826. The van der Waals surface area contributed by atoms with Crippen molar-refractivity contribution < 1.29 is 9.59 Å². The smallest absolute Gasteiger partial charge is 0.256 e. The van der Waals surface area contributed by atoms with Crippen molar-refractivity contribution in [3.8, 4) is 0 Å². The van der Waals surface area contributed by atoms with Gasteiger partial charge in [-0.15, -0.1) is 0 Å². The zero-order chi connectivity index (χ0) is 17.4. The van der Waals surface area contributed by atoms with Crippen LogP contribution in [-0.4, -0.2) is 17.9 Å². The van der Waals surface area contributed by atoms with E-state index >= 15 is 0 Å². The Morgan fingerprint density at radius 1 is 0.917 bits per heavy atom. The van der Waals surface area contributed by atoms with Crippen molar-refractivity contribution in [3.05, 3.63) is 58.7 Å². The number of aryl methyl sites for hydroxylation is 4. The molecule has 0 radical (unpaired) electrons. The molecule has 1 atom stereocenters. The maximum atomic E-state index is 12.7. The molecule has 0 aliphatic carbocycles. The van der Waals surface area contributed by atoms with Crippen molar-refractivity contribution in [3.63, 3.8) is 0 Å². The van der Waals surface area contributed by atoms with E-state index in [9.17, 15) is 9.59 Å². The van der Waals surface area contributed by atoms with E-state index in [0.29, 0.717) is 5.69 Å². The summed E-state index contributed by atoms with van der Waals surface area (Å²) >= 11 is 0. The summed E-state index contributed by atoms with van der Waals surface area (Å²) in [6, 6.07) is 11.2. The van der Waals surface area contributed by atoms with Crippen LogP contribution >= 0.6 is 0 Å². The van der Waals surface area contributed by atoms with Gasteiger partial charge in [-0.3, -0.25) is 9.59 Å². The lowest BCUT2D eigenvalue weighted by atomic mass is 10.1. The Labute approximate surface area is 142 Å². The first-order chi connectivity index (χ1) is 11.4. The number of anilines is 2. The minimum atomic E-state index is -0.513. The van der Waals surface area contributed by atoms with Crippen molar-refractivity contribution in [2.24, 2.45) is 0 Å². The van der Waals surface area contributed by atoms with E-state index in [-0.39, 0.29) is 18.2 Å². The summed E-state index contributed by atoms with van der Waals surface area (Å²) < 4.78 is 0. The van der Waals surface area contributed by atoms with Gasteiger partial charge < -0.3 is 5.32 Å². The Morgan fingerprint density at radius 2 is 1.67 bits per heavy atom. The van der Waals surface area contributed by atoms with Gasteiger partial charge in [0, 0.05) is 5.69 Å². The van der Waals surface area contributed by atoms with Gasteiger partial charge in [-0.2, -0.15) is 0 Å². The average molecular weight is 322 g/mol. The van der Waals surface area contributed by atoms with Crippen molar-refractivity contribution >= 4 is 23.2 Å². The van der Waals surface area contributed by atoms with E-state index in [2.05, 4.69) is 11.4 Å². The van der Waals surface area contributed by atoms with Gasteiger partial charge in [0.2, 0.25) is 5.91 Å². The number of hydrogen-bond donors (Lipinski definition) is 1. The standard InChI is InChI=1S/C20H22N2O2/c1-12-5-8-17(15(4)9-12)21-18-11-19(23)22(20(18)24)16-7-6-13(2)14(3)10-16/h5-10,18,21H,11H2,1-4H3/t18-/m0/s1. The van der Waals surface area contributed by atoms with E-state index in [1.807, 2.05) is 58.0 Å². The number of hydrogen-bond acceptors (Lipinski definition) is 3. The van der Waals surface area contributed by atoms with Gasteiger partial charge in [0.15, 0.2) is 0 Å². The highest BCUT2D eigenvalue weighted by molar-refractivity contribution is 6.23. The summed E-state index contributed by atoms with van der Waals surface area (Å²) in [6.07, 6.45) is 0.180. The third-order valence-corrected chi connectivity index (χ3v) is 4.61. The molecule has 1 fully saturated rings. The molecule has 2 aromatic rings. The molecule has 0 unspecified atom stereocenters. The third-order valence-electron chi connectivity index (χ3n) is 4.61. The topological polar surface area (TPSA) is 49.4 Å². The second kappa shape index (κ2) is 6.11. The molecule has 2 amide bonds. The SMILES string of the molecule is Cc1ccc(N[C@H]2CC(=O)N(c3ccc(C)c(C)c3)C2=O)c(C)c1. The molecule has 1 N–H and O–H groups in total. The number of nitrogens with zero attached hydrogens (tertiary/aromatic N) is 1. The molecule has 3 rings (SSSR count). The van der Waals surface area contributed by atoms with Crippen molar-refractivity contribution in [2.75, 3.05) is 10.2 Å². The van der Waals surface area contributed by atoms with E-state index in [1.165, 1.54) is 10.5 Å². The second-order valence-corrected chi connectivity index (χ2v) is 6.56. The number of amides is 2. The van der Waals surface area contributed by atoms with Crippen LogP contribution in [0.5, 0.6) is 0 Å². The van der Waals surface area contributed by atoms with Gasteiger partial charge in [0.05, 0.1) is 12.1 Å². The summed E-state index contributed by atoms with van der Waals surface area (Å²) in [5.74, 6) is -0.353. The summed E-state index contributed by atoms with van der Waals surface area (Å²) in [5, 5.41) is 3.23. The number of rotatable bonds is 3. The number of nitrogens with one attached hydrogen (secondary N) is 1. The second-order valence-electron chi connectivity index (χ2n) is 6.56. The molecular formula is C20H22N2O2. The molecule has 4 nitrogen and oxygen atoms in total. The number of benzene rings is 2. The molecule has 0 saturated carbocycles. The zero-order valence-electron chi connectivity index (χ0n) is 14.5. The van der Waals surface area contributed by atoms with Crippen LogP contribution in [0.3, 0.4) is 0 Å². The number of carbonyl (C=O) groups excluding carboxylic acids is 2. The largest absolute Gasteiger partial charge is 0.373 e. The van der Waals surface area contributed by atoms with Gasteiger partial charge >= 0.3 is 0 Å². The van der Waals surface area contributed by atoms with Gasteiger partial charge in [-0.05, 0) is 62.6 Å². The molecule has 2 aromatic carbocycles. The number of carbonyl (C=O) groups is 2. The monoisotopic (exact) mass is 322 g/mol. The summed E-state index contributed by atoms with van der Waals surface area (Å²) in [6.45, 7) is 8.02. The first-order valence-corrected chi connectivity index (χ1v) is 8.14. The normalized spacial score (nSPS) is 17.5. The van der Waals surface area contributed by atoms with Gasteiger partial charge in [-0.1, -0.05) is 23.8 Å². The van der Waals surface area contributed by atoms with Gasteiger partial charge in [0.1, 0.15) is 6.04 Å². The fourth-order valence-corrected chi connectivity index (χ4v) is 3.04. The molecule has 0 spiro atoms. The van der Waals surface area contributed by atoms with E-state index < -0.39 is 6.04 Å². The van der Waals surface area contributed by atoms with Crippen LogP contribution in [0, 0.1) is 27.7 Å². The summed E-state index contributed by atoms with van der Waals surface area (Å²) in [4.78, 5) is 26.4. The van der Waals surface area contributed by atoms with Crippen LogP contribution in [0.4, 0.5) is 11.4 Å². The van der Waals surface area contributed by atoms with Gasteiger partial charge in [0.25, 0.3) is 5.91 Å². The van der Waals surface area contributed by atoms with Gasteiger partial charge in [-0.25, -0.2) is 4.90 Å². The molecular weight excluding hydrogens is 300 g/mol. The minimum absolute atomic E-state index is 0.162. The van der Waals surface area contributed by atoms with Crippen LogP contribution in [0.25, 0.3) is 0 Å². The maximum absolute atomic E-state index is 12.7. The van der Waals surface area contributed by atoms with E-state index in [1.54, 1.807) is 0 Å². The molecule has 0 aromatic heterocycles. The molecule has 24 heavy (non-hydrogen) atoms. The van der Waals surface area contributed by atoms with Crippen LogP contribution in [0.2, 0.25) is 0 Å². The number of imide groups is 1. The predicted octanol–water partition coefficient (Wildman–Crippen LogP) is 3.66. The lowest BCUT2D eigenvalue weighted by molar-refractivity contribution is -0.121. The molecule has 0 bridgehead atoms. The Balaban J connectivity index is 1.84. The first-order valence-electron chi connectivity index (χ1n) is 8.14. The summed E-state index contributed by atoms with van der Waals surface area (Å²) in [7, 11) is 0. The third kappa shape index (κ3) is 2.92. The highest BCUT2D eigenvalue weighted by atomic mass is 16.2. The molecule has 1 heterocycles. The average Bonchev–Trinajstić information content (AvgIpc) is 2.79. The zero-order valence-corrected chi connectivity index (χ0v) is 14.5. The van der Waals surface area contributed by atoms with Crippen LogP contribution < -0.4 is 10.2 Å². The quantitative estimate of drug-likeness (QED) is 0.877. The Morgan fingerprint density at radius 3 is 2.33 bits per heavy atom. The van der Waals surface area contributed by atoms with E-state index in [0.717, 1.165) is 22.4 Å². The minimum Gasteiger partial charge on any atom is -0.373 e. The van der Waals surface area contributed by atoms with Crippen molar-refractivity contribution in [1.82, 2.24) is 0 Å². The van der Waals surface area contributed by atoms with Crippen LogP contribution in [0.15, 0.2) is 36.4 Å².